The van der Waals surface area contributed by atoms with Crippen LogP contribution in [-0.2, 0) is 24.2 Å². The Morgan fingerprint density at radius 1 is 1.00 bits per heavy atom. The quantitative estimate of drug-likeness (QED) is 0.481. The Labute approximate surface area is 206 Å². The number of fused-ring (bicyclic) bond motifs is 1. The summed E-state index contributed by atoms with van der Waals surface area (Å²) in [5.41, 5.74) is 4.91. The van der Waals surface area contributed by atoms with Gasteiger partial charge in [0.05, 0.1) is 0 Å². The number of ether oxygens (including phenoxy) is 1. The van der Waals surface area contributed by atoms with E-state index in [2.05, 4.69) is 41.2 Å². The van der Waals surface area contributed by atoms with Gasteiger partial charge in [0.1, 0.15) is 6.61 Å². The fourth-order valence-electron chi connectivity index (χ4n) is 4.52. The molecule has 1 aromatic heterocycles. The highest BCUT2D eigenvalue weighted by Crippen LogP contribution is 2.26. The normalized spacial score (nSPS) is 14.5. The van der Waals surface area contributed by atoms with E-state index in [0.29, 0.717) is 18.5 Å². The molecule has 0 saturated carbocycles. The average Bonchev–Trinajstić information content (AvgIpc) is 2.90. The Morgan fingerprint density at radius 3 is 2.43 bits per heavy atom. The van der Waals surface area contributed by atoms with Crippen molar-refractivity contribution in [2.45, 2.75) is 45.8 Å². The van der Waals surface area contributed by atoms with Crippen molar-refractivity contribution in [3.63, 3.8) is 0 Å². The Kier molecular flexibility index (Phi) is 7.98. The molecule has 1 aliphatic rings. The van der Waals surface area contributed by atoms with Gasteiger partial charge in [-0.25, -0.2) is 14.5 Å². The van der Waals surface area contributed by atoms with Gasteiger partial charge >= 0.3 is 12.1 Å². The molecule has 0 bridgehead atoms. The van der Waals surface area contributed by atoms with Gasteiger partial charge in [0, 0.05) is 48.5 Å². The minimum absolute atomic E-state index is 0.0539. The number of rotatable bonds is 7. The maximum atomic E-state index is 13.4. The summed E-state index contributed by atoms with van der Waals surface area (Å²) in [5, 5.41) is 2.90. The summed E-state index contributed by atoms with van der Waals surface area (Å²) in [6.45, 7) is 6.08. The molecule has 1 atom stereocenters. The van der Waals surface area contributed by atoms with Crippen LogP contribution in [0.3, 0.4) is 0 Å². The Bertz CT molecular complexity index is 1130. The molecule has 2 aromatic carbocycles. The zero-order valence-electron chi connectivity index (χ0n) is 20.3. The number of benzene rings is 2. The molecule has 35 heavy (non-hydrogen) atoms. The molecule has 0 saturated heterocycles. The second kappa shape index (κ2) is 11.5. The second-order valence-corrected chi connectivity index (χ2v) is 8.60. The van der Waals surface area contributed by atoms with Gasteiger partial charge in [0.25, 0.3) is 0 Å². The van der Waals surface area contributed by atoms with Crippen LogP contribution < -0.4 is 10.2 Å². The first-order valence-electron chi connectivity index (χ1n) is 12.2. The third kappa shape index (κ3) is 5.98. The monoisotopic (exact) mass is 472 g/mol. The number of urea groups is 1. The lowest BCUT2D eigenvalue weighted by molar-refractivity contribution is 0.0918. The molecule has 1 heterocycles. The molecule has 1 unspecified atom stereocenters. The highest BCUT2D eigenvalue weighted by Gasteiger charge is 2.34. The maximum absolute atomic E-state index is 13.4. The molecule has 3 aromatic rings. The molecule has 4 rings (SSSR count). The second-order valence-electron chi connectivity index (χ2n) is 8.60. The summed E-state index contributed by atoms with van der Waals surface area (Å²) in [6.07, 6.45) is 4.75. The van der Waals surface area contributed by atoms with Crippen molar-refractivity contribution in [1.82, 2.24) is 9.88 Å². The predicted octanol–water partition coefficient (Wildman–Crippen LogP) is 5.66. The number of aryl methyl sites for hydroxylation is 1. The number of pyridine rings is 1. The molecule has 7 heteroatoms. The predicted molar refractivity (Wildman–Crippen MR) is 138 cm³/mol. The van der Waals surface area contributed by atoms with Gasteiger partial charge in [-0.3, -0.25) is 4.98 Å². The van der Waals surface area contributed by atoms with Crippen LogP contribution in [0.4, 0.5) is 21.0 Å². The summed E-state index contributed by atoms with van der Waals surface area (Å²) in [7, 11) is 0. The lowest BCUT2D eigenvalue weighted by atomic mass is 9.88. The molecular formula is C28H32N4O3. The number of amides is 3. The molecule has 0 spiro atoms. The van der Waals surface area contributed by atoms with Gasteiger partial charge in [-0.2, -0.15) is 0 Å². The fraction of sp³-hybridized carbons (Fsp3) is 0.321. The van der Waals surface area contributed by atoms with Crippen LogP contribution >= 0.6 is 0 Å². The summed E-state index contributed by atoms with van der Waals surface area (Å²) in [6, 6.07) is 18.7. The standard InChI is InChI=1S/C28H32N4O3/c1-3-31(4-2)25-15-12-24(13-16-25)30-27(33)32(28(34)35-20-21-8-7-17-29-19-21)26-14-11-22-9-5-6-10-23(22)18-26/h5-10,12-13,15-17,19,26H,3-4,11,14,18,20H2,1-2H3,(H,30,33). The van der Waals surface area contributed by atoms with E-state index in [-0.39, 0.29) is 12.6 Å². The molecule has 0 fully saturated rings. The zero-order chi connectivity index (χ0) is 24.6. The third-order valence-electron chi connectivity index (χ3n) is 6.43. The Hall–Kier alpha value is -3.87. The van der Waals surface area contributed by atoms with Crippen molar-refractivity contribution >= 4 is 23.5 Å². The van der Waals surface area contributed by atoms with Crippen molar-refractivity contribution in [3.05, 3.63) is 89.7 Å². The van der Waals surface area contributed by atoms with E-state index in [9.17, 15) is 9.59 Å². The van der Waals surface area contributed by atoms with Gasteiger partial charge < -0.3 is 15.0 Å². The molecule has 7 nitrogen and oxygen atoms in total. The summed E-state index contributed by atoms with van der Waals surface area (Å²) in [4.78, 5) is 34.1. The van der Waals surface area contributed by atoms with Crippen LogP contribution in [0.25, 0.3) is 0 Å². The highest BCUT2D eigenvalue weighted by molar-refractivity contribution is 5.99. The first kappa shape index (κ1) is 24.3. The summed E-state index contributed by atoms with van der Waals surface area (Å²) < 4.78 is 5.55. The first-order valence-corrected chi connectivity index (χ1v) is 12.2. The molecule has 3 amide bonds. The van der Waals surface area contributed by atoms with Gasteiger partial charge in [0.15, 0.2) is 0 Å². The summed E-state index contributed by atoms with van der Waals surface area (Å²) in [5.74, 6) is 0. The number of nitrogens with zero attached hydrogens (tertiary/aromatic N) is 3. The molecule has 1 aliphatic carbocycles. The van der Waals surface area contributed by atoms with Gasteiger partial charge in [-0.15, -0.1) is 0 Å². The zero-order valence-corrected chi connectivity index (χ0v) is 20.3. The molecule has 0 aliphatic heterocycles. The van der Waals surface area contributed by atoms with Gasteiger partial charge in [-0.05, 0) is 74.6 Å². The molecular weight excluding hydrogens is 440 g/mol. The van der Waals surface area contributed by atoms with Crippen molar-refractivity contribution in [1.29, 1.82) is 0 Å². The number of nitrogens with one attached hydrogen (secondary N) is 1. The minimum Gasteiger partial charge on any atom is -0.444 e. The first-order chi connectivity index (χ1) is 17.1. The number of carbonyl (C=O) groups excluding carboxylic acids is 2. The topological polar surface area (TPSA) is 74.8 Å². The number of hydrogen-bond acceptors (Lipinski definition) is 5. The van der Waals surface area contributed by atoms with Crippen molar-refractivity contribution in [2.75, 3.05) is 23.3 Å². The van der Waals surface area contributed by atoms with E-state index in [0.717, 1.165) is 36.3 Å². The van der Waals surface area contributed by atoms with Crippen LogP contribution in [-0.4, -0.2) is 41.1 Å². The van der Waals surface area contributed by atoms with Crippen LogP contribution in [0.15, 0.2) is 73.1 Å². The van der Waals surface area contributed by atoms with Gasteiger partial charge in [0.2, 0.25) is 0 Å². The highest BCUT2D eigenvalue weighted by atomic mass is 16.6. The van der Waals surface area contributed by atoms with E-state index >= 15 is 0 Å². The molecule has 1 N–H and O–H groups in total. The molecule has 182 valence electrons. The van der Waals surface area contributed by atoms with Crippen molar-refractivity contribution in [3.8, 4) is 0 Å². The number of aromatic nitrogens is 1. The number of anilines is 2. The van der Waals surface area contributed by atoms with E-state index in [1.54, 1.807) is 18.5 Å². The average molecular weight is 473 g/mol. The van der Waals surface area contributed by atoms with Crippen LogP contribution in [0.2, 0.25) is 0 Å². The number of hydrogen-bond donors (Lipinski definition) is 1. The number of carbonyl (C=O) groups is 2. The van der Waals surface area contributed by atoms with E-state index < -0.39 is 12.1 Å². The van der Waals surface area contributed by atoms with Crippen LogP contribution in [0.1, 0.15) is 37.0 Å². The van der Waals surface area contributed by atoms with Crippen molar-refractivity contribution < 1.29 is 14.3 Å². The van der Waals surface area contributed by atoms with Gasteiger partial charge in [-0.1, -0.05) is 30.3 Å². The Morgan fingerprint density at radius 2 is 1.74 bits per heavy atom. The third-order valence-corrected chi connectivity index (χ3v) is 6.43. The number of imide groups is 1. The smallest absolute Gasteiger partial charge is 0.418 e. The molecule has 0 radical (unpaired) electrons. The Balaban J connectivity index is 1.51. The largest absolute Gasteiger partial charge is 0.444 e. The summed E-state index contributed by atoms with van der Waals surface area (Å²) >= 11 is 0. The van der Waals surface area contributed by atoms with E-state index in [4.69, 9.17) is 4.74 Å². The lowest BCUT2D eigenvalue weighted by Gasteiger charge is -2.33. The van der Waals surface area contributed by atoms with Crippen LogP contribution in [0.5, 0.6) is 0 Å². The SMILES string of the molecule is CCN(CC)c1ccc(NC(=O)N(C(=O)OCc2cccnc2)C2CCc3ccccc3C2)cc1. The van der Waals surface area contributed by atoms with E-state index in [1.165, 1.54) is 10.5 Å². The van der Waals surface area contributed by atoms with E-state index in [1.807, 2.05) is 42.5 Å². The van der Waals surface area contributed by atoms with Crippen molar-refractivity contribution in [2.24, 2.45) is 0 Å². The minimum atomic E-state index is -0.657. The lowest BCUT2D eigenvalue weighted by Crippen LogP contribution is -2.49. The van der Waals surface area contributed by atoms with Crippen LogP contribution in [0, 0.1) is 0 Å². The fourth-order valence-corrected chi connectivity index (χ4v) is 4.52. The maximum Gasteiger partial charge on any atom is 0.418 e.